The van der Waals surface area contributed by atoms with Gasteiger partial charge in [-0.1, -0.05) is 11.6 Å². The number of halogens is 4. The van der Waals surface area contributed by atoms with Crippen LogP contribution in [0.4, 0.5) is 13.2 Å². The quantitative estimate of drug-likeness (QED) is 0.550. The predicted molar refractivity (Wildman–Crippen MR) is 118 cm³/mol. The number of rotatable bonds is 6. The number of alkyl halides is 3. The minimum atomic E-state index is -4.57. The first-order valence-corrected chi connectivity index (χ1v) is 12.1. The van der Waals surface area contributed by atoms with Crippen LogP contribution in [0.2, 0.25) is 5.02 Å². The van der Waals surface area contributed by atoms with Gasteiger partial charge in [-0.05, 0) is 67.2 Å². The van der Waals surface area contributed by atoms with E-state index in [9.17, 15) is 23.1 Å². The average Bonchev–Trinajstić information content (AvgIpc) is 3.14. The van der Waals surface area contributed by atoms with Crippen LogP contribution in [0.1, 0.15) is 63.0 Å². The molecule has 1 N–H and O–H groups in total. The Hall–Kier alpha value is -1.90. The molecule has 0 spiro atoms. The third-order valence-electron chi connectivity index (χ3n) is 8.38. The van der Waals surface area contributed by atoms with Crippen molar-refractivity contribution in [2.75, 3.05) is 0 Å². The van der Waals surface area contributed by atoms with Crippen LogP contribution in [0.25, 0.3) is 0 Å². The molecule has 2 heterocycles. The molecule has 2 aliphatic heterocycles. The van der Waals surface area contributed by atoms with Gasteiger partial charge in [0, 0.05) is 47.2 Å². The van der Waals surface area contributed by atoms with Crippen molar-refractivity contribution in [3.05, 3.63) is 40.6 Å². The number of hydrogen-bond donors (Lipinski definition) is 1. The minimum absolute atomic E-state index is 0.0148. The lowest BCUT2D eigenvalue weighted by Crippen LogP contribution is -2.66. The summed E-state index contributed by atoms with van der Waals surface area (Å²) in [5.74, 6) is 0.641. The molecule has 6 aliphatic rings. The van der Waals surface area contributed by atoms with Crippen molar-refractivity contribution in [3.8, 4) is 5.75 Å². The van der Waals surface area contributed by atoms with Gasteiger partial charge in [0.25, 0.3) is 0 Å². The number of aliphatic imine (C=N–C) groups is 1. The summed E-state index contributed by atoms with van der Waals surface area (Å²) >= 11 is 6.00. The number of ether oxygens (including phenoxy) is 2. The second-order valence-corrected chi connectivity index (χ2v) is 11.2. The summed E-state index contributed by atoms with van der Waals surface area (Å²) in [6.45, 7) is 0. The Labute approximate surface area is 200 Å². The van der Waals surface area contributed by atoms with E-state index in [0.29, 0.717) is 35.6 Å². The zero-order valence-corrected chi connectivity index (χ0v) is 19.2. The second-order valence-electron chi connectivity index (χ2n) is 10.8. The first-order chi connectivity index (χ1) is 16.0. The summed E-state index contributed by atoms with van der Waals surface area (Å²) in [5.41, 5.74) is 2.87. The van der Waals surface area contributed by atoms with Crippen molar-refractivity contribution >= 4 is 23.1 Å². The molecule has 0 saturated heterocycles. The molecule has 5 nitrogen and oxygen atoms in total. The van der Waals surface area contributed by atoms with Gasteiger partial charge in [-0.25, -0.2) is 0 Å². The Morgan fingerprint density at radius 2 is 1.97 bits per heavy atom. The van der Waals surface area contributed by atoms with Crippen LogP contribution >= 0.6 is 11.6 Å². The lowest BCUT2D eigenvalue weighted by atomic mass is 9.32. The Morgan fingerprint density at radius 3 is 2.68 bits per heavy atom. The number of carbonyl (C=O) groups excluding carboxylic acids is 1. The molecule has 0 amide bonds. The Bertz CT molecular complexity index is 1090. The van der Waals surface area contributed by atoms with Crippen LogP contribution < -0.4 is 4.74 Å². The molecule has 9 heteroatoms. The molecule has 4 saturated carbocycles. The predicted octanol–water partition coefficient (Wildman–Crippen LogP) is 5.70. The van der Waals surface area contributed by atoms with Crippen molar-refractivity contribution in [3.63, 3.8) is 0 Å². The molecule has 34 heavy (non-hydrogen) atoms. The number of aliphatic hydroxyl groups is 1. The summed E-state index contributed by atoms with van der Waals surface area (Å²) in [6, 6.07) is 5.05. The summed E-state index contributed by atoms with van der Waals surface area (Å²) < 4.78 is 47.0. The molecule has 2 atom stereocenters. The fraction of sp³-hybridized carbons (Fsp3) is 0.600. The molecule has 4 aliphatic carbocycles. The number of aliphatic hydroxyl groups excluding tert-OH is 1. The molecule has 7 rings (SSSR count). The fourth-order valence-electron chi connectivity index (χ4n) is 6.76. The van der Waals surface area contributed by atoms with Gasteiger partial charge in [-0.3, -0.25) is 14.5 Å². The van der Waals surface area contributed by atoms with Gasteiger partial charge >= 0.3 is 6.36 Å². The van der Waals surface area contributed by atoms with E-state index in [1.807, 2.05) is 6.20 Å². The third-order valence-corrected chi connectivity index (χ3v) is 8.61. The highest BCUT2D eigenvalue weighted by Crippen LogP contribution is 2.76. The number of Topliss-reactive ketones (excluding diaryl/α,β-unsaturated/α-hetero) is 1. The summed E-state index contributed by atoms with van der Waals surface area (Å²) in [6.07, 6.45) is -0.00214. The summed E-state index contributed by atoms with van der Waals surface area (Å²) in [5, 5.41) is 11.0. The topological polar surface area (TPSA) is 68.1 Å². The van der Waals surface area contributed by atoms with E-state index in [1.54, 1.807) is 18.2 Å². The van der Waals surface area contributed by atoms with Gasteiger partial charge < -0.3 is 9.84 Å². The first-order valence-electron chi connectivity index (χ1n) is 11.7. The molecule has 0 radical (unpaired) electrons. The molecule has 0 unspecified atom stereocenters. The molecular weight excluding hydrogens is 471 g/mol. The fourth-order valence-corrected chi connectivity index (χ4v) is 6.94. The van der Waals surface area contributed by atoms with Gasteiger partial charge in [0.1, 0.15) is 5.75 Å². The van der Waals surface area contributed by atoms with E-state index in [2.05, 4.69) is 9.73 Å². The van der Waals surface area contributed by atoms with Crippen molar-refractivity contribution in [2.45, 2.75) is 76.0 Å². The largest absolute Gasteiger partial charge is 0.522 e. The van der Waals surface area contributed by atoms with Gasteiger partial charge in [-0.15, -0.1) is 13.2 Å². The Kier molecular flexibility index (Phi) is 5.01. The smallest absolute Gasteiger partial charge is 0.482 e. The molecule has 4 fully saturated rings. The van der Waals surface area contributed by atoms with Crippen LogP contribution in [0.15, 0.2) is 35.0 Å². The second kappa shape index (κ2) is 7.55. The number of hydrogen-bond acceptors (Lipinski definition) is 5. The number of ketones is 1. The number of carbonyl (C=O) groups is 1. The van der Waals surface area contributed by atoms with Crippen molar-refractivity contribution in [1.29, 1.82) is 0 Å². The van der Waals surface area contributed by atoms with Crippen LogP contribution in [0, 0.1) is 16.7 Å². The van der Waals surface area contributed by atoms with Crippen molar-refractivity contribution < 1.29 is 32.5 Å². The highest BCUT2D eigenvalue weighted by atomic mass is 35.5. The highest BCUT2D eigenvalue weighted by Gasteiger charge is 2.70. The lowest BCUT2D eigenvalue weighted by Gasteiger charge is -2.71. The van der Waals surface area contributed by atoms with E-state index in [0.717, 1.165) is 37.0 Å². The van der Waals surface area contributed by atoms with Crippen LogP contribution in [0.5, 0.6) is 5.75 Å². The molecule has 0 aromatic heterocycles. The monoisotopic (exact) mass is 495 g/mol. The third kappa shape index (κ3) is 3.78. The standard InChI is InChI=1S/C25H25ClF3NO4/c26-15-1-2-20-17(6-15)18(31)7-21(33-20)19(32)8-23-10-24(11-23,12-23)22-5-14(9-30-22)13-3-16(4-13)34-25(27,28)29/h1-2,6,9,13,16,18,21,31H,3-5,7-8,10-12H2/t13?,16?,18-,21-,23?,24?/m1/s1. The number of allylic oxidation sites excluding steroid dienone is 1. The average molecular weight is 496 g/mol. The summed E-state index contributed by atoms with van der Waals surface area (Å²) in [7, 11) is 0. The number of nitrogens with zero attached hydrogens (tertiary/aromatic N) is 1. The minimum Gasteiger partial charge on any atom is -0.482 e. The van der Waals surface area contributed by atoms with E-state index in [1.165, 1.54) is 0 Å². The van der Waals surface area contributed by atoms with E-state index >= 15 is 0 Å². The van der Waals surface area contributed by atoms with Crippen LogP contribution in [-0.2, 0) is 9.53 Å². The lowest BCUT2D eigenvalue weighted by molar-refractivity contribution is -0.353. The first kappa shape index (κ1) is 22.6. The number of fused-ring (bicyclic) bond motifs is 1. The van der Waals surface area contributed by atoms with Crippen LogP contribution in [-0.4, -0.2) is 35.2 Å². The molecule has 2 bridgehead atoms. The van der Waals surface area contributed by atoms with Gasteiger partial charge in [0.05, 0.1) is 12.2 Å². The normalized spacial score (nSPS) is 37.9. The van der Waals surface area contributed by atoms with Gasteiger partial charge in [0.15, 0.2) is 11.9 Å². The van der Waals surface area contributed by atoms with E-state index in [-0.39, 0.29) is 29.0 Å². The molecule has 182 valence electrons. The Morgan fingerprint density at radius 1 is 1.24 bits per heavy atom. The molecule has 1 aromatic carbocycles. The Balaban J connectivity index is 0.990. The highest BCUT2D eigenvalue weighted by molar-refractivity contribution is 6.30. The van der Waals surface area contributed by atoms with Crippen LogP contribution in [0.3, 0.4) is 0 Å². The summed E-state index contributed by atoms with van der Waals surface area (Å²) in [4.78, 5) is 17.6. The van der Waals surface area contributed by atoms with Gasteiger partial charge in [0.2, 0.25) is 0 Å². The van der Waals surface area contributed by atoms with Crippen molar-refractivity contribution in [1.82, 2.24) is 0 Å². The van der Waals surface area contributed by atoms with Gasteiger partial charge in [-0.2, -0.15) is 0 Å². The maximum atomic E-state index is 13.0. The molecule has 1 aromatic rings. The van der Waals surface area contributed by atoms with E-state index in [4.69, 9.17) is 16.3 Å². The maximum Gasteiger partial charge on any atom is 0.522 e. The number of benzene rings is 1. The zero-order valence-electron chi connectivity index (χ0n) is 18.4. The SMILES string of the molecule is O=C(CC12CC(C3=NC=C(C4CC(OC(F)(F)F)C4)C3)(C1)C2)[C@H]1C[C@@H](O)c2cc(Cl)ccc2O1. The van der Waals surface area contributed by atoms with Crippen molar-refractivity contribution in [2.24, 2.45) is 21.7 Å². The molecular formula is C25H25ClF3NO4. The maximum absolute atomic E-state index is 13.0. The zero-order chi connectivity index (χ0) is 23.9. The van der Waals surface area contributed by atoms with E-state index < -0.39 is 24.7 Å².